The highest BCUT2D eigenvalue weighted by Crippen LogP contribution is 1.95. The Morgan fingerprint density at radius 3 is 1.57 bits per heavy atom. The average molecular weight is 202 g/mol. The quantitative estimate of drug-likeness (QED) is 0.418. The van der Waals surface area contributed by atoms with Gasteiger partial charge in [-0.2, -0.15) is 0 Å². The lowest BCUT2D eigenvalue weighted by Crippen LogP contribution is -2.16. The van der Waals surface area contributed by atoms with E-state index in [-0.39, 0.29) is 7.43 Å². The molecule has 0 amide bonds. The lowest BCUT2D eigenvalue weighted by atomic mass is 10.2. The average Bonchev–Trinajstić information content (AvgIpc) is 2.18. The molecule has 0 atom stereocenters. The summed E-state index contributed by atoms with van der Waals surface area (Å²) in [6.07, 6.45) is 6.53. The molecular weight excluding hydrogens is 172 g/mol. The molecule has 0 heterocycles. The first-order chi connectivity index (χ1) is 6.26. The second-order valence-electron chi connectivity index (χ2n) is 2.98. The van der Waals surface area contributed by atoms with Crippen LogP contribution >= 0.6 is 0 Å². The Labute approximate surface area is 91.2 Å². The Morgan fingerprint density at radius 1 is 1.07 bits per heavy atom. The maximum Gasteiger partial charge on any atom is 0.0954 e. The minimum absolute atomic E-state index is 0. The van der Waals surface area contributed by atoms with Crippen LogP contribution in [0.1, 0.15) is 60.3 Å². The highest BCUT2D eigenvalue weighted by atomic mass is 14.9. The van der Waals surface area contributed by atoms with Crippen LogP contribution in [0.5, 0.6) is 0 Å². The van der Waals surface area contributed by atoms with E-state index in [2.05, 4.69) is 31.1 Å². The fraction of sp³-hybridized carbons (Fsp3) is 0.917. The maximum atomic E-state index is 3.93. The largest absolute Gasteiger partial charge is 0.377 e. The summed E-state index contributed by atoms with van der Waals surface area (Å²) >= 11 is 0. The molecule has 0 aliphatic heterocycles. The van der Waals surface area contributed by atoms with Crippen LogP contribution in [0.25, 0.3) is 0 Å². The Balaban J connectivity index is -0.000000163. The molecule has 1 N–H and O–H groups in total. The predicted octanol–water partition coefficient (Wildman–Crippen LogP) is 3.87. The van der Waals surface area contributed by atoms with Crippen molar-refractivity contribution in [3.05, 3.63) is 0 Å². The first-order valence-electron chi connectivity index (χ1n) is 5.40. The molecule has 0 saturated heterocycles. The van der Waals surface area contributed by atoms with Crippen molar-refractivity contribution < 1.29 is 0 Å². The van der Waals surface area contributed by atoms with Crippen molar-refractivity contribution in [2.75, 3.05) is 14.1 Å². The first kappa shape index (κ1) is 19.1. The zero-order chi connectivity index (χ0) is 10.5. The Kier molecular flexibility index (Phi) is 25.0. The van der Waals surface area contributed by atoms with Gasteiger partial charge in [0.05, 0.1) is 5.84 Å². The minimum atomic E-state index is 0. The smallest absolute Gasteiger partial charge is 0.0954 e. The van der Waals surface area contributed by atoms with Crippen LogP contribution in [-0.2, 0) is 0 Å². The van der Waals surface area contributed by atoms with Gasteiger partial charge < -0.3 is 5.32 Å². The second-order valence-corrected chi connectivity index (χ2v) is 2.98. The SMILES string of the molecule is C.CCC(=NC)NC.CCCCCC. The highest BCUT2D eigenvalue weighted by molar-refractivity contribution is 5.81. The lowest BCUT2D eigenvalue weighted by molar-refractivity contribution is 0.702. The third-order valence-corrected chi connectivity index (χ3v) is 1.85. The normalized spacial score (nSPS) is 9.64. The topological polar surface area (TPSA) is 24.4 Å². The third-order valence-electron chi connectivity index (χ3n) is 1.85. The molecule has 0 fully saturated rings. The maximum absolute atomic E-state index is 3.93. The Morgan fingerprint density at radius 2 is 1.50 bits per heavy atom. The van der Waals surface area contributed by atoms with Gasteiger partial charge in [-0.1, -0.05) is 53.9 Å². The number of amidine groups is 1. The monoisotopic (exact) mass is 202 g/mol. The fourth-order valence-electron chi connectivity index (χ4n) is 0.947. The molecule has 0 saturated carbocycles. The summed E-state index contributed by atoms with van der Waals surface area (Å²) < 4.78 is 0. The summed E-state index contributed by atoms with van der Waals surface area (Å²) in [7, 11) is 3.67. The summed E-state index contributed by atoms with van der Waals surface area (Å²) in [5, 5.41) is 2.95. The van der Waals surface area contributed by atoms with Crippen molar-refractivity contribution in [2.24, 2.45) is 4.99 Å². The van der Waals surface area contributed by atoms with Gasteiger partial charge >= 0.3 is 0 Å². The van der Waals surface area contributed by atoms with Crippen molar-refractivity contribution >= 4 is 5.84 Å². The molecule has 0 unspecified atom stereocenters. The predicted molar refractivity (Wildman–Crippen MR) is 69.3 cm³/mol. The zero-order valence-electron chi connectivity index (χ0n) is 9.98. The summed E-state index contributed by atoms with van der Waals surface area (Å²) in [4.78, 5) is 3.93. The van der Waals surface area contributed by atoms with Gasteiger partial charge in [-0.25, -0.2) is 0 Å². The van der Waals surface area contributed by atoms with Crippen LogP contribution in [0.3, 0.4) is 0 Å². The number of nitrogens with zero attached hydrogens (tertiary/aromatic N) is 1. The molecule has 88 valence electrons. The second kappa shape index (κ2) is 18.3. The van der Waals surface area contributed by atoms with Crippen molar-refractivity contribution in [3.8, 4) is 0 Å². The van der Waals surface area contributed by atoms with Crippen LogP contribution in [-0.4, -0.2) is 19.9 Å². The molecule has 0 aromatic rings. The number of nitrogens with one attached hydrogen (secondary N) is 1. The summed E-state index contributed by atoms with van der Waals surface area (Å²) in [5.41, 5.74) is 0. The van der Waals surface area contributed by atoms with Gasteiger partial charge in [0.1, 0.15) is 0 Å². The van der Waals surface area contributed by atoms with E-state index in [4.69, 9.17) is 0 Å². The van der Waals surface area contributed by atoms with Crippen molar-refractivity contribution in [2.45, 2.75) is 60.3 Å². The van der Waals surface area contributed by atoms with Gasteiger partial charge in [0.2, 0.25) is 0 Å². The number of rotatable bonds is 4. The number of hydrogen-bond donors (Lipinski definition) is 1. The number of unbranched alkanes of at least 4 members (excludes halogenated alkanes) is 3. The van der Waals surface area contributed by atoms with E-state index >= 15 is 0 Å². The Hall–Kier alpha value is -0.530. The fourth-order valence-corrected chi connectivity index (χ4v) is 0.947. The van der Waals surface area contributed by atoms with Crippen molar-refractivity contribution in [1.82, 2.24) is 5.32 Å². The van der Waals surface area contributed by atoms with E-state index in [9.17, 15) is 0 Å². The highest BCUT2D eigenvalue weighted by Gasteiger charge is 1.82. The van der Waals surface area contributed by atoms with Gasteiger partial charge in [0, 0.05) is 20.5 Å². The molecule has 0 radical (unpaired) electrons. The van der Waals surface area contributed by atoms with Gasteiger partial charge in [0.15, 0.2) is 0 Å². The molecule has 0 aromatic carbocycles. The van der Waals surface area contributed by atoms with Crippen molar-refractivity contribution in [1.29, 1.82) is 0 Å². The van der Waals surface area contributed by atoms with Crippen LogP contribution < -0.4 is 5.32 Å². The minimum Gasteiger partial charge on any atom is -0.377 e. The summed E-state index contributed by atoms with van der Waals surface area (Å²) in [6, 6.07) is 0. The Bertz CT molecular complexity index is 98.9. The van der Waals surface area contributed by atoms with Crippen LogP contribution in [0.4, 0.5) is 0 Å². The summed E-state index contributed by atoms with van der Waals surface area (Å²) in [6.45, 7) is 6.53. The van der Waals surface area contributed by atoms with E-state index < -0.39 is 0 Å². The van der Waals surface area contributed by atoms with Gasteiger partial charge in [-0.15, -0.1) is 0 Å². The van der Waals surface area contributed by atoms with Crippen molar-refractivity contribution in [3.63, 3.8) is 0 Å². The molecule has 0 bridgehead atoms. The zero-order valence-corrected chi connectivity index (χ0v) is 9.98. The summed E-state index contributed by atoms with van der Waals surface area (Å²) in [5.74, 6) is 1.06. The van der Waals surface area contributed by atoms with E-state index in [1.165, 1.54) is 25.7 Å². The van der Waals surface area contributed by atoms with Crippen LogP contribution in [0, 0.1) is 0 Å². The van der Waals surface area contributed by atoms with Gasteiger partial charge in [0.25, 0.3) is 0 Å². The molecule has 0 spiro atoms. The molecule has 0 aliphatic carbocycles. The third kappa shape index (κ3) is 17.5. The molecule has 0 aromatic heterocycles. The molecule has 2 heteroatoms. The molecule has 14 heavy (non-hydrogen) atoms. The molecular formula is C12H30N2. The van der Waals surface area contributed by atoms with Crippen LogP contribution in [0.2, 0.25) is 0 Å². The molecule has 0 aliphatic rings. The van der Waals surface area contributed by atoms with E-state index in [1.807, 2.05) is 7.05 Å². The molecule has 2 nitrogen and oxygen atoms in total. The number of aliphatic imine (C=N–C) groups is 1. The van der Waals surface area contributed by atoms with Crippen LogP contribution in [0.15, 0.2) is 4.99 Å². The van der Waals surface area contributed by atoms with E-state index in [0.29, 0.717) is 0 Å². The van der Waals surface area contributed by atoms with Gasteiger partial charge in [-0.05, 0) is 0 Å². The van der Waals surface area contributed by atoms with E-state index in [1.54, 1.807) is 7.05 Å². The standard InChI is InChI=1S/C6H14.C5H12N2.CH4/c1-3-5-6-4-2;1-4-5(6-2)7-3;/h3-6H2,1-2H3;4H2,1-3H3,(H,6,7);1H4. The number of hydrogen-bond acceptors (Lipinski definition) is 1. The lowest BCUT2D eigenvalue weighted by Gasteiger charge is -1.96. The molecule has 0 rings (SSSR count). The first-order valence-corrected chi connectivity index (χ1v) is 5.40. The van der Waals surface area contributed by atoms with Gasteiger partial charge in [-0.3, -0.25) is 4.99 Å². The van der Waals surface area contributed by atoms with E-state index in [0.717, 1.165) is 12.3 Å².